The lowest BCUT2D eigenvalue weighted by atomic mass is 9.78. The zero-order valence-corrected chi connectivity index (χ0v) is 19.9. The summed E-state index contributed by atoms with van der Waals surface area (Å²) < 4.78 is 0. The molecule has 2 aliphatic rings. The van der Waals surface area contributed by atoms with Crippen molar-refractivity contribution in [1.29, 1.82) is 0 Å². The molecule has 8 nitrogen and oxygen atoms in total. The number of non-ortho nitro benzene ring substituents is 1. The maximum atomic E-state index is 14.0. The number of aromatic amines is 1. The van der Waals surface area contributed by atoms with Crippen LogP contribution in [0.5, 0.6) is 0 Å². The van der Waals surface area contributed by atoms with Gasteiger partial charge in [0.2, 0.25) is 0 Å². The first-order chi connectivity index (χ1) is 17.3. The molecule has 4 aromatic rings. The predicted octanol–water partition coefficient (Wildman–Crippen LogP) is 5.47. The number of nitrogens with one attached hydrogen (secondary N) is 1. The van der Waals surface area contributed by atoms with Gasteiger partial charge in [-0.3, -0.25) is 14.9 Å². The average molecular weight is 481 g/mol. The summed E-state index contributed by atoms with van der Waals surface area (Å²) in [6, 6.07) is 21.5. The molecule has 8 heteroatoms. The Kier molecular flexibility index (Phi) is 4.76. The Hall–Kier alpha value is -4.46. The number of fused-ring (bicyclic) bond motifs is 5. The van der Waals surface area contributed by atoms with Gasteiger partial charge in [0.15, 0.2) is 5.54 Å². The number of imide groups is 1. The maximum absolute atomic E-state index is 14.0. The number of nitrogens with zero attached hydrogens (tertiary/aromatic N) is 3. The Morgan fingerprint density at radius 2 is 1.72 bits per heavy atom. The van der Waals surface area contributed by atoms with Crippen LogP contribution in [-0.2, 0) is 16.8 Å². The van der Waals surface area contributed by atoms with E-state index in [1.54, 1.807) is 11.8 Å². The first kappa shape index (κ1) is 22.0. The van der Waals surface area contributed by atoms with Crippen LogP contribution in [0.15, 0.2) is 72.8 Å². The number of hydrogen-bond donors (Lipinski definition) is 1. The monoisotopic (exact) mass is 480 g/mol. The summed E-state index contributed by atoms with van der Waals surface area (Å²) in [5.41, 5.74) is 3.94. The number of amides is 3. The van der Waals surface area contributed by atoms with E-state index in [1.165, 1.54) is 29.8 Å². The van der Waals surface area contributed by atoms with Crippen molar-refractivity contribution in [3.63, 3.8) is 0 Å². The van der Waals surface area contributed by atoms with Gasteiger partial charge in [-0.05, 0) is 48.2 Å². The molecule has 6 rings (SSSR count). The predicted molar refractivity (Wildman–Crippen MR) is 136 cm³/mol. The second-order valence-electron chi connectivity index (χ2n) is 9.49. The SMILES string of the molecule is CCc1ccc([C@@H]2CN3C(=O)N(c4ccc([N+](=O)[O-])cc4)C(=O)[C@]3(C)c3[nH]c4ccccc4c32)cc1. The van der Waals surface area contributed by atoms with E-state index >= 15 is 0 Å². The number of aromatic nitrogens is 1. The summed E-state index contributed by atoms with van der Waals surface area (Å²) >= 11 is 0. The van der Waals surface area contributed by atoms with Crippen molar-refractivity contribution >= 4 is 34.2 Å². The molecule has 0 radical (unpaired) electrons. The van der Waals surface area contributed by atoms with Gasteiger partial charge >= 0.3 is 6.03 Å². The highest BCUT2D eigenvalue weighted by Gasteiger charge is 2.60. The lowest BCUT2D eigenvalue weighted by Gasteiger charge is -2.40. The number of rotatable bonds is 4. The second-order valence-corrected chi connectivity index (χ2v) is 9.49. The number of benzene rings is 3. The van der Waals surface area contributed by atoms with Gasteiger partial charge in [0.25, 0.3) is 11.6 Å². The van der Waals surface area contributed by atoms with Crippen molar-refractivity contribution in [2.45, 2.75) is 31.7 Å². The Labute approximate surface area is 207 Å². The molecule has 0 spiro atoms. The van der Waals surface area contributed by atoms with Crippen LogP contribution < -0.4 is 4.90 Å². The number of urea groups is 1. The van der Waals surface area contributed by atoms with E-state index in [4.69, 9.17) is 0 Å². The fourth-order valence-corrected chi connectivity index (χ4v) is 5.63. The largest absolute Gasteiger partial charge is 0.356 e. The summed E-state index contributed by atoms with van der Waals surface area (Å²) in [7, 11) is 0. The molecular formula is C28H24N4O4. The number of para-hydroxylation sites is 1. The van der Waals surface area contributed by atoms with Crippen molar-refractivity contribution in [1.82, 2.24) is 9.88 Å². The van der Waals surface area contributed by atoms with E-state index in [0.29, 0.717) is 17.9 Å². The molecule has 2 aliphatic heterocycles. The number of hydrogen-bond acceptors (Lipinski definition) is 4. The van der Waals surface area contributed by atoms with E-state index in [9.17, 15) is 19.7 Å². The summed E-state index contributed by atoms with van der Waals surface area (Å²) in [5.74, 6) is -0.502. The van der Waals surface area contributed by atoms with Gasteiger partial charge in [-0.15, -0.1) is 0 Å². The van der Waals surface area contributed by atoms with Crippen molar-refractivity contribution in [2.75, 3.05) is 11.4 Å². The van der Waals surface area contributed by atoms with Crippen molar-refractivity contribution in [3.05, 3.63) is 105 Å². The van der Waals surface area contributed by atoms with Gasteiger partial charge in [0, 0.05) is 35.5 Å². The third-order valence-corrected chi connectivity index (χ3v) is 7.64. The van der Waals surface area contributed by atoms with Crippen LogP contribution in [0, 0.1) is 10.1 Å². The van der Waals surface area contributed by atoms with E-state index < -0.39 is 16.5 Å². The summed E-state index contributed by atoms with van der Waals surface area (Å²) in [6.45, 7) is 4.23. The van der Waals surface area contributed by atoms with Gasteiger partial charge in [-0.25, -0.2) is 9.69 Å². The number of carbonyl (C=O) groups excluding carboxylic acids is 2. The fourth-order valence-electron chi connectivity index (χ4n) is 5.63. The minimum atomic E-state index is -1.23. The van der Waals surface area contributed by atoms with E-state index in [1.807, 2.05) is 24.3 Å². The van der Waals surface area contributed by atoms with Gasteiger partial charge in [-0.1, -0.05) is 49.4 Å². The van der Waals surface area contributed by atoms with Crippen molar-refractivity contribution in [3.8, 4) is 0 Å². The average Bonchev–Trinajstić information content (AvgIpc) is 3.38. The normalized spacial score (nSPS) is 21.1. The van der Waals surface area contributed by atoms with E-state index in [2.05, 4.69) is 36.2 Å². The second kappa shape index (κ2) is 7.78. The van der Waals surface area contributed by atoms with Crippen molar-refractivity contribution in [2.24, 2.45) is 0 Å². The van der Waals surface area contributed by atoms with Crippen LogP contribution in [0.1, 0.15) is 42.1 Å². The number of carbonyl (C=O) groups is 2. The van der Waals surface area contributed by atoms with Crippen molar-refractivity contribution < 1.29 is 14.5 Å². The minimum absolute atomic E-state index is 0.102. The molecule has 0 unspecified atom stereocenters. The third kappa shape index (κ3) is 2.94. The molecule has 3 amide bonds. The Bertz CT molecular complexity index is 1540. The Morgan fingerprint density at radius 1 is 1.03 bits per heavy atom. The Morgan fingerprint density at radius 3 is 2.39 bits per heavy atom. The molecule has 1 fully saturated rings. The third-order valence-electron chi connectivity index (χ3n) is 7.64. The molecule has 1 N–H and O–H groups in total. The highest BCUT2D eigenvalue weighted by Crippen LogP contribution is 2.50. The highest BCUT2D eigenvalue weighted by molar-refractivity contribution is 6.23. The molecule has 3 heterocycles. The van der Waals surface area contributed by atoms with Crippen LogP contribution in [-0.4, -0.2) is 33.3 Å². The van der Waals surface area contributed by atoms with E-state index in [0.717, 1.165) is 33.4 Å². The van der Waals surface area contributed by atoms with Gasteiger partial charge in [0.05, 0.1) is 16.3 Å². The molecule has 1 saturated heterocycles. The summed E-state index contributed by atoms with van der Waals surface area (Å²) in [6.07, 6.45) is 0.935. The van der Waals surface area contributed by atoms with Gasteiger partial charge in [-0.2, -0.15) is 0 Å². The quantitative estimate of drug-likeness (QED) is 0.238. The summed E-state index contributed by atoms with van der Waals surface area (Å²) in [5, 5.41) is 12.1. The van der Waals surface area contributed by atoms with Crippen LogP contribution >= 0.6 is 0 Å². The Balaban J connectivity index is 1.52. The molecular weight excluding hydrogens is 456 g/mol. The zero-order chi connectivity index (χ0) is 25.2. The smallest absolute Gasteiger partial charge is 0.332 e. The zero-order valence-electron chi connectivity index (χ0n) is 19.9. The van der Waals surface area contributed by atoms with E-state index in [-0.39, 0.29) is 17.5 Å². The number of nitro benzene ring substituents is 1. The van der Waals surface area contributed by atoms with Gasteiger partial charge in [0.1, 0.15) is 0 Å². The molecule has 0 aliphatic carbocycles. The molecule has 0 saturated carbocycles. The van der Waals surface area contributed by atoms with Crippen LogP contribution in [0.3, 0.4) is 0 Å². The fraction of sp³-hybridized carbons (Fsp3) is 0.214. The molecule has 3 aromatic carbocycles. The standard InChI is InChI=1S/C28H24N4O4/c1-3-17-8-10-18(11-9-17)22-16-30-27(34)31(19-12-14-20(15-13-19)32(35)36)26(33)28(30,2)25-24(22)21-6-4-5-7-23(21)29-25/h4-15,22,29H,3,16H2,1-2H3/t22-,28-/m0/s1. The van der Waals surface area contributed by atoms with Gasteiger partial charge < -0.3 is 9.88 Å². The highest BCUT2D eigenvalue weighted by atomic mass is 16.6. The molecule has 2 atom stereocenters. The number of anilines is 1. The first-order valence-electron chi connectivity index (χ1n) is 11.9. The topological polar surface area (TPSA) is 99.5 Å². The molecule has 180 valence electrons. The van der Waals surface area contributed by atoms with Crippen LogP contribution in [0.2, 0.25) is 0 Å². The lowest BCUT2D eigenvalue weighted by Crippen LogP contribution is -2.50. The minimum Gasteiger partial charge on any atom is -0.356 e. The first-order valence-corrected chi connectivity index (χ1v) is 11.9. The molecule has 36 heavy (non-hydrogen) atoms. The number of aryl methyl sites for hydroxylation is 1. The number of nitro groups is 1. The maximum Gasteiger partial charge on any atom is 0.332 e. The van der Waals surface area contributed by atoms with Crippen LogP contribution in [0.25, 0.3) is 10.9 Å². The molecule has 1 aromatic heterocycles. The molecule has 0 bridgehead atoms. The lowest BCUT2D eigenvalue weighted by molar-refractivity contribution is -0.384. The summed E-state index contributed by atoms with van der Waals surface area (Å²) in [4.78, 5) is 44.6. The number of H-pyrrole nitrogens is 1. The van der Waals surface area contributed by atoms with Crippen LogP contribution in [0.4, 0.5) is 16.2 Å².